The molecule has 0 radical (unpaired) electrons. The van der Waals surface area contributed by atoms with Gasteiger partial charge in [0.05, 0.1) is 6.61 Å². The Kier molecular flexibility index (Phi) is 5.45. The molecular formula is C27H29BrO3. The monoisotopic (exact) mass is 480 g/mol. The van der Waals surface area contributed by atoms with E-state index in [1.165, 1.54) is 44.6 Å². The number of hydrogen-bond acceptors (Lipinski definition) is 3. The van der Waals surface area contributed by atoms with E-state index in [2.05, 4.69) is 28.1 Å². The number of phenols is 1. The van der Waals surface area contributed by atoms with E-state index in [4.69, 9.17) is 4.74 Å². The summed E-state index contributed by atoms with van der Waals surface area (Å²) in [4.78, 5) is 11.6. The molecule has 31 heavy (non-hydrogen) atoms. The summed E-state index contributed by atoms with van der Waals surface area (Å²) in [6, 6.07) is 12.2. The SMILES string of the molecule is CCOC(=O)C=Cc1ccc(-c2ccc(O)c(C34CC5CC(CC(C5)C3)C4)c2)c(Br)c1. The van der Waals surface area contributed by atoms with Crippen molar-refractivity contribution in [3.63, 3.8) is 0 Å². The largest absolute Gasteiger partial charge is 0.508 e. The molecule has 4 aliphatic carbocycles. The molecule has 0 saturated heterocycles. The number of rotatable bonds is 5. The second-order valence-electron chi connectivity index (χ2n) is 9.75. The minimum Gasteiger partial charge on any atom is -0.508 e. The number of ether oxygens (including phenoxy) is 1. The molecule has 6 rings (SSSR count). The minimum absolute atomic E-state index is 0.156. The molecule has 162 valence electrons. The maximum Gasteiger partial charge on any atom is 0.330 e. The van der Waals surface area contributed by atoms with E-state index in [1.54, 1.807) is 13.0 Å². The third-order valence-corrected chi connectivity index (χ3v) is 8.26. The molecule has 2 aromatic rings. The number of halogens is 1. The predicted octanol–water partition coefficient (Wildman–Crippen LogP) is 6.87. The zero-order valence-corrected chi connectivity index (χ0v) is 19.5. The maximum absolute atomic E-state index is 11.6. The third-order valence-electron chi connectivity index (χ3n) is 7.61. The van der Waals surface area contributed by atoms with Gasteiger partial charge in [0.2, 0.25) is 0 Å². The van der Waals surface area contributed by atoms with Crippen LogP contribution in [0.5, 0.6) is 5.75 Å². The Labute approximate surface area is 192 Å². The van der Waals surface area contributed by atoms with Crippen molar-refractivity contribution in [3.05, 3.63) is 58.1 Å². The normalized spacial score (nSPS) is 28.9. The highest BCUT2D eigenvalue weighted by Gasteiger charge is 2.52. The van der Waals surface area contributed by atoms with Gasteiger partial charge in [-0.25, -0.2) is 4.79 Å². The van der Waals surface area contributed by atoms with E-state index in [0.717, 1.165) is 44.5 Å². The Hall–Kier alpha value is -2.07. The average Bonchev–Trinajstić information content (AvgIpc) is 2.72. The number of benzene rings is 2. The minimum atomic E-state index is -0.332. The van der Waals surface area contributed by atoms with Crippen LogP contribution in [0.3, 0.4) is 0 Å². The zero-order chi connectivity index (χ0) is 21.6. The van der Waals surface area contributed by atoms with Gasteiger partial charge >= 0.3 is 5.97 Å². The molecule has 0 spiro atoms. The number of carbonyl (C=O) groups is 1. The van der Waals surface area contributed by atoms with Crippen molar-refractivity contribution < 1.29 is 14.6 Å². The van der Waals surface area contributed by atoms with E-state index in [0.29, 0.717) is 12.4 Å². The van der Waals surface area contributed by atoms with Gasteiger partial charge in [-0.05, 0) is 110 Å². The van der Waals surface area contributed by atoms with Crippen molar-refractivity contribution in [1.82, 2.24) is 0 Å². The maximum atomic E-state index is 11.6. The first-order valence-electron chi connectivity index (χ1n) is 11.4. The van der Waals surface area contributed by atoms with E-state index in [1.807, 2.05) is 24.3 Å². The molecule has 4 aliphatic rings. The zero-order valence-electron chi connectivity index (χ0n) is 17.9. The quantitative estimate of drug-likeness (QED) is 0.375. The first kappa shape index (κ1) is 20.8. The molecule has 0 aliphatic heterocycles. The number of phenolic OH excluding ortho intramolecular Hbond substituents is 1. The van der Waals surface area contributed by atoms with Crippen molar-refractivity contribution in [1.29, 1.82) is 0 Å². The smallest absolute Gasteiger partial charge is 0.330 e. The number of aromatic hydroxyl groups is 1. The highest BCUT2D eigenvalue weighted by Crippen LogP contribution is 2.62. The molecule has 0 heterocycles. The number of carbonyl (C=O) groups excluding carboxylic acids is 1. The molecule has 0 aromatic heterocycles. The summed E-state index contributed by atoms with van der Waals surface area (Å²) in [7, 11) is 0. The van der Waals surface area contributed by atoms with Crippen LogP contribution >= 0.6 is 15.9 Å². The second kappa shape index (κ2) is 8.12. The molecule has 2 aromatic carbocycles. The first-order chi connectivity index (χ1) is 15.0. The third kappa shape index (κ3) is 3.95. The molecule has 0 atom stereocenters. The standard InChI is InChI=1S/C27H29BrO3/c1-2-31-26(30)8-4-17-3-6-22(24(28)12-17)21-5-7-25(29)23(13-21)27-14-18-9-19(15-27)11-20(10-18)16-27/h3-8,12-13,18-20,29H,2,9-11,14-16H2,1H3. The molecule has 3 nitrogen and oxygen atoms in total. The Balaban J connectivity index is 1.45. The van der Waals surface area contributed by atoms with E-state index in [9.17, 15) is 9.90 Å². The highest BCUT2D eigenvalue weighted by atomic mass is 79.9. The van der Waals surface area contributed by atoms with Crippen molar-refractivity contribution >= 4 is 28.0 Å². The second-order valence-corrected chi connectivity index (χ2v) is 10.6. The van der Waals surface area contributed by atoms with Crippen LogP contribution in [0.25, 0.3) is 17.2 Å². The summed E-state index contributed by atoms with van der Waals surface area (Å²) in [5.41, 5.74) is 4.46. The Morgan fingerprint density at radius 2 is 1.77 bits per heavy atom. The van der Waals surface area contributed by atoms with Crippen molar-refractivity contribution in [2.75, 3.05) is 6.61 Å². The Bertz CT molecular complexity index is 1000. The van der Waals surface area contributed by atoms with Gasteiger partial charge in [-0.3, -0.25) is 0 Å². The van der Waals surface area contributed by atoms with Crippen LogP contribution in [0, 0.1) is 17.8 Å². The molecule has 4 bridgehead atoms. The summed E-state index contributed by atoms with van der Waals surface area (Å²) in [5.74, 6) is 2.64. The van der Waals surface area contributed by atoms with Gasteiger partial charge in [0.15, 0.2) is 0 Å². The first-order valence-corrected chi connectivity index (χ1v) is 12.2. The average molecular weight is 481 g/mol. The van der Waals surface area contributed by atoms with Crippen molar-refractivity contribution in [2.45, 2.75) is 50.9 Å². The lowest BCUT2D eigenvalue weighted by atomic mass is 9.48. The van der Waals surface area contributed by atoms with Crippen LogP contribution < -0.4 is 0 Å². The fraction of sp³-hybridized carbons (Fsp3) is 0.444. The van der Waals surface area contributed by atoms with Crippen LogP contribution in [0.15, 0.2) is 46.9 Å². The van der Waals surface area contributed by atoms with Crippen molar-refractivity contribution in [3.8, 4) is 16.9 Å². The van der Waals surface area contributed by atoms with Crippen LogP contribution in [0.4, 0.5) is 0 Å². The predicted molar refractivity (Wildman–Crippen MR) is 127 cm³/mol. The van der Waals surface area contributed by atoms with Crippen LogP contribution in [0.1, 0.15) is 56.6 Å². The lowest BCUT2D eigenvalue weighted by Crippen LogP contribution is -2.48. The number of esters is 1. The van der Waals surface area contributed by atoms with Crippen LogP contribution in [-0.2, 0) is 14.9 Å². The number of hydrogen-bond donors (Lipinski definition) is 1. The van der Waals surface area contributed by atoms with Gasteiger partial charge in [-0.1, -0.05) is 34.1 Å². The summed E-state index contributed by atoms with van der Waals surface area (Å²) in [6.07, 6.45) is 11.1. The summed E-state index contributed by atoms with van der Waals surface area (Å²) < 4.78 is 5.92. The van der Waals surface area contributed by atoms with Gasteiger partial charge in [0.25, 0.3) is 0 Å². The van der Waals surface area contributed by atoms with E-state index >= 15 is 0 Å². The molecule has 1 N–H and O–H groups in total. The fourth-order valence-electron chi connectivity index (χ4n) is 6.79. The molecular weight excluding hydrogens is 452 g/mol. The highest BCUT2D eigenvalue weighted by molar-refractivity contribution is 9.10. The van der Waals surface area contributed by atoms with E-state index in [-0.39, 0.29) is 11.4 Å². The molecule has 0 unspecified atom stereocenters. The summed E-state index contributed by atoms with van der Waals surface area (Å²) >= 11 is 3.72. The van der Waals surface area contributed by atoms with Gasteiger partial charge < -0.3 is 9.84 Å². The summed E-state index contributed by atoms with van der Waals surface area (Å²) in [5, 5.41) is 10.9. The molecule has 4 saturated carbocycles. The van der Waals surface area contributed by atoms with Gasteiger partial charge in [0.1, 0.15) is 5.75 Å². The Morgan fingerprint density at radius 3 is 2.39 bits per heavy atom. The Morgan fingerprint density at radius 1 is 1.10 bits per heavy atom. The van der Waals surface area contributed by atoms with Crippen LogP contribution in [-0.4, -0.2) is 17.7 Å². The topological polar surface area (TPSA) is 46.5 Å². The summed E-state index contributed by atoms with van der Waals surface area (Å²) in [6.45, 7) is 2.17. The lowest BCUT2D eigenvalue weighted by Gasteiger charge is -2.57. The van der Waals surface area contributed by atoms with E-state index < -0.39 is 0 Å². The molecule has 4 heteroatoms. The fourth-order valence-corrected chi connectivity index (χ4v) is 7.42. The van der Waals surface area contributed by atoms with Gasteiger partial charge in [-0.2, -0.15) is 0 Å². The van der Waals surface area contributed by atoms with Crippen LogP contribution in [0.2, 0.25) is 0 Å². The molecule has 0 amide bonds. The molecule has 4 fully saturated rings. The van der Waals surface area contributed by atoms with Gasteiger partial charge in [0, 0.05) is 16.1 Å². The lowest BCUT2D eigenvalue weighted by molar-refractivity contribution is -0.137. The van der Waals surface area contributed by atoms with Gasteiger partial charge in [-0.15, -0.1) is 0 Å². The van der Waals surface area contributed by atoms with Crippen molar-refractivity contribution in [2.24, 2.45) is 17.8 Å².